The van der Waals surface area contributed by atoms with Gasteiger partial charge in [-0.25, -0.2) is 0 Å². The first kappa shape index (κ1) is 10.3. The SMILES string of the molecule is CC(C)Cn1cc(C(C)(C)C)cn1. The van der Waals surface area contributed by atoms with Crippen LogP contribution in [-0.4, -0.2) is 9.78 Å². The van der Waals surface area contributed by atoms with Crippen LogP contribution in [0, 0.1) is 5.92 Å². The lowest BCUT2D eigenvalue weighted by Gasteiger charge is -2.15. The molecule has 0 aliphatic carbocycles. The van der Waals surface area contributed by atoms with Crippen molar-refractivity contribution in [2.75, 3.05) is 0 Å². The van der Waals surface area contributed by atoms with Crippen LogP contribution in [0.25, 0.3) is 0 Å². The Morgan fingerprint density at radius 1 is 1.38 bits per heavy atom. The van der Waals surface area contributed by atoms with E-state index in [2.05, 4.69) is 45.9 Å². The van der Waals surface area contributed by atoms with Crippen molar-refractivity contribution < 1.29 is 0 Å². The van der Waals surface area contributed by atoms with E-state index in [1.54, 1.807) is 0 Å². The van der Waals surface area contributed by atoms with E-state index in [1.165, 1.54) is 5.56 Å². The van der Waals surface area contributed by atoms with Crippen LogP contribution >= 0.6 is 0 Å². The van der Waals surface area contributed by atoms with Gasteiger partial charge in [0.15, 0.2) is 0 Å². The molecule has 0 spiro atoms. The first-order valence-corrected chi connectivity index (χ1v) is 4.92. The van der Waals surface area contributed by atoms with Gasteiger partial charge >= 0.3 is 0 Å². The molecule has 0 saturated carbocycles. The molecule has 1 aromatic heterocycles. The van der Waals surface area contributed by atoms with Crippen molar-refractivity contribution in [2.24, 2.45) is 5.92 Å². The summed E-state index contributed by atoms with van der Waals surface area (Å²) in [5, 5.41) is 4.34. The van der Waals surface area contributed by atoms with Crippen molar-refractivity contribution in [3.8, 4) is 0 Å². The van der Waals surface area contributed by atoms with E-state index in [-0.39, 0.29) is 5.41 Å². The molecule has 2 heteroatoms. The van der Waals surface area contributed by atoms with E-state index >= 15 is 0 Å². The van der Waals surface area contributed by atoms with Crippen LogP contribution in [-0.2, 0) is 12.0 Å². The number of hydrogen-bond donors (Lipinski definition) is 0. The molecule has 0 atom stereocenters. The minimum Gasteiger partial charge on any atom is -0.272 e. The summed E-state index contributed by atoms with van der Waals surface area (Å²) in [4.78, 5) is 0. The Labute approximate surface area is 81.0 Å². The monoisotopic (exact) mass is 180 g/mol. The van der Waals surface area contributed by atoms with Gasteiger partial charge in [-0.3, -0.25) is 4.68 Å². The lowest BCUT2D eigenvalue weighted by molar-refractivity contribution is 0.481. The van der Waals surface area contributed by atoms with Gasteiger partial charge in [-0.2, -0.15) is 5.10 Å². The summed E-state index contributed by atoms with van der Waals surface area (Å²) in [6.45, 7) is 12.1. The zero-order valence-corrected chi connectivity index (χ0v) is 9.33. The maximum absolute atomic E-state index is 4.34. The van der Waals surface area contributed by atoms with Crippen molar-refractivity contribution in [3.05, 3.63) is 18.0 Å². The van der Waals surface area contributed by atoms with Crippen LogP contribution in [0.4, 0.5) is 0 Å². The summed E-state index contributed by atoms with van der Waals surface area (Å²) in [6, 6.07) is 0. The molecule has 0 aliphatic rings. The van der Waals surface area contributed by atoms with Gasteiger partial charge in [-0.1, -0.05) is 34.6 Å². The van der Waals surface area contributed by atoms with E-state index in [1.807, 2.05) is 10.9 Å². The molecule has 0 unspecified atom stereocenters. The van der Waals surface area contributed by atoms with Gasteiger partial charge in [0.05, 0.1) is 6.20 Å². The van der Waals surface area contributed by atoms with Crippen LogP contribution in [0.3, 0.4) is 0 Å². The third-order valence-corrected chi connectivity index (χ3v) is 2.05. The normalized spacial score (nSPS) is 12.5. The largest absolute Gasteiger partial charge is 0.272 e. The average molecular weight is 180 g/mol. The highest BCUT2D eigenvalue weighted by Gasteiger charge is 2.15. The molecule has 0 fully saturated rings. The van der Waals surface area contributed by atoms with E-state index in [9.17, 15) is 0 Å². The zero-order valence-electron chi connectivity index (χ0n) is 9.33. The second kappa shape index (κ2) is 3.52. The third kappa shape index (κ3) is 2.87. The van der Waals surface area contributed by atoms with Crippen LogP contribution in [0.5, 0.6) is 0 Å². The molecule has 0 aliphatic heterocycles. The van der Waals surface area contributed by atoms with E-state index in [0.717, 1.165) is 6.54 Å². The second-order valence-electron chi connectivity index (χ2n) is 5.09. The lowest BCUT2D eigenvalue weighted by atomic mass is 9.90. The molecule has 1 aromatic rings. The maximum Gasteiger partial charge on any atom is 0.0527 e. The fourth-order valence-electron chi connectivity index (χ4n) is 1.22. The van der Waals surface area contributed by atoms with Gasteiger partial charge < -0.3 is 0 Å². The quantitative estimate of drug-likeness (QED) is 0.684. The van der Waals surface area contributed by atoms with E-state index in [0.29, 0.717) is 5.92 Å². The van der Waals surface area contributed by atoms with Gasteiger partial charge in [0.25, 0.3) is 0 Å². The Kier molecular flexibility index (Phi) is 2.79. The highest BCUT2D eigenvalue weighted by molar-refractivity contribution is 5.14. The topological polar surface area (TPSA) is 17.8 Å². The summed E-state index contributed by atoms with van der Waals surface area (Å²) in [7, 11) is 0. The molecular formula is C11H20N2. The summed E-state index contributed by atoms with van der Waals surface area (Å²) >= 11 is 0. The van der Waals surface area contributed by atoms with Gasteiger partial charge in [-0.05, 0) is 16.9 Å². The molecular weight excluding hydrogens is 160 g/mol. The number of nitrogens with zero attached hydrogens (tertiary/aromatic N) is 2. The number of aromatic nitrogens is 2. The molecule has 74 valence electrons. The van der Waals surface area contributed by atoms with Crippen molar-refractivity contribution in [3.63, 3.8) is 0 Å². The zero-order chi connectivity index (χ0) is 10.1. The van der Waals surface area contributed by atoms with Crippen LogP contribution in [0.1, 0.15) is 40.2 Å². The standard InChI is InChI=1S/C11H20N2/c1-9(2)7-13-8-10(6-12-13)11(3,4)5/h6,8-9H,7H2,1-5H3. The van der Waals surface area contributed by atoms with Crippen LogP contribution in [0.2, 0.25) is 0 Å². The smallest absolute Gasteiger partial charge is 0.0527 e. The van der Waals surface area contributed by atoms with Gasteiger partial charge in [-0.15, -0.1) is 0 Å². The Morgan fingerprint density at radius 3 is 2.38 bits per heavy atom. The van der Waals surface area contributed by atoms with Crippen LogP contribution < -0.4 is 0 Å². The van der Waals surface area contributed by atoms with Crippen LogP contribution in [0.15, 0.2) is 12.4 Å². The highest BCUT2D eigenvalue weighted by Crippen LogP contribution is 2.21. The molecule has 0 radical (unpaired) electrons. The van der Waals surface area contributed by atoms with Gasteiger partial charge in [0.2, 0.25) is 0 Å². The summed E-state index contributed by atoms with van der Waals surface area (Å²) < 4.78 is 2.03. The average Bonchev–Trinajstić information content (AvgIpc) is 2.32. The number of rotatable bonds is 2. The molecule has 0 N–H and O–H groups in total. The Hall–Kier alpha value is -0.790. The minimum absolute atomic E-state index is 0.217. The number of hydrogen-bond acceptors (Lipinski definition) is 1. The summed E-state index contributed by atoms with van der Waals surface area (Å²) in [5.74, 6) is 0.660. The Balaban J connectivity index is 2.75. The van der Waals surface area contributed by atoms with Gasteiger partial charge in [0.1, 0.15) is 0 Å². The Morgan fingerprint density at radius 2 is 2.00 bits per heavy atom. The molecule has 13 heavy (non-hydrogen) atoms. The van der Waals surface area contributed by atoms with Crippen molar-refractivity contribution >= 4 is 0 Å². The molecule has 0 aromatic carbocycles. The van der Waals surface area contributed by atoms with Crippen molar-refractivity contribution in [2.45, 2.75) is 46.6 Å². The summed E-state index contributed by atoms with van der Waals surface area (Å²) in [5.41, 5.74) is 1.53. The molecule has 1 rings (SSSR count). The summed E-state index contributed by atoms with van der Waals surface area (Å²) in [6.07, 6.45) is 4.13. The molecule has 0 saturated heterocycles. The minimum atomic E-state index is 0.217. The molecule has 2 nitrogen and oxygen atoms in total. The second-order valence-corrected chi connectivity index (χ2v) is 5.09. The van der Waals surface area contributed by atoms with E-state index in [4.69, 9.17) is 0 Å². The molecule has 1 heterocycles. The highest BCUT2D eigenvalue weighted by atomic mass is 15.3. The van der Waals surface area contributed by atoms with Gasteiger partial charge in [0, 0.05) is 12.7 Å². The van der Waals surface area contributed by atoms with Crippen molar-refractivity contribution in [1.82, 2.24) is 9.78 Å². The lowest BCUT2D eigenvalue weighted by Crippen LogP contribution is -2.10. The molecule has 0 amide bonds. The van der Waals surface area contributed by atoms with E-state index < -0.39 is 0 Å². The molecule has 0 bridgehead atoms. The predicted octanol–water partition coefficient (Wildman–Crippen LogP) is 2.84. The first-order chi connectivity index (χ1) is 5.89. The fraction of sp³-hybridized carbons (Fsp3) is 0.727. The predicted molar refractivity (Wildman–Crippen MR) is 55.8 cm³/mol. The fourth-order valence-corrected chi connectivity index (χ4v) is 1.22. The maximum atomic E-state index is 4.34. The third-order valence-electron chi connectivity index (χ3n) is 2.05. The van der Waals surface area contributed by atoms with Crippen molar-refractivity contribution in [1.29, 1.82) is 0 Å². The Bertz CT molecular complexity index is 266. The first-order valence-electron chi connectivity index (χ1n) is 4.92.